The van der Waals surface area contributed by atoms with Crippen molar-refractivity contribution >= 4 is 34.8 Å². The lowest BCUT2D eigenvalue weighted by molar-refractivity contribution is 0.0989. The van der Waals surface area contributed by atoms with Crippen LogP contribution in [0.3, 0.4) is 0 Å². The Kier molecular flexibility index (Phi) is 6.46. The second-order valence-electron chi connectivity index (χ2n) is 5.91. The average molecular weight is 433 g/mol. The van der Waals surface area contributed by atoms with Crippen molar-refractivity contribution in [3.63, 3.8) is 0 Å². The maximum absolute atomic E-state index is 13.3. The van der Waals surface area contributed by atoms with E-state index in [9.17, 15) is 4.79 Å². The Labute approximate surface area is 178 Å². The molecule has 1 aromatic heterocycles. The van der Waals surface area contributed by atoms with Gasteiger partial charge in [0.2, 0.25) is 5.88 Å². The number of anilines is 1. The second kappa shape index (κ2) is 9.03. The van der Waals surface area contributed by atoms with E-state index in [1.807, 2.05) is 0 Å². The highest BCUT2D eigenvalue weighted by Crippen LogP contribution is 2.39. The van der Waals surface area contributed by atoms with Crippen LogP contribution in [-0.2, 0) is 0 Å². The molecule has 0 spiro atoms. The number of carbonyl (C=O) groups excluding carboxylic acids is 1. The van der Waals surface area contributed by atoms with Crippen LogP contribution in [0.2, 0.25) is 10.0 Å². The molecular weight excluding hydrogens is 415 g/mol. The van der Waals surface area contributed by atoms with Crippen LogP contribution < -0.4 is 19.1 Å². The maximum Gasteiger partial charge on any atom is 0.263 e. The third-order valence-corrected chi connectivity index (χ3v) is 4.69. The van der Waals surface area contributed by atoms with Gasteiger partial charge in [0, 0.05) is 24.3 Å². The van der Waals surface area contributed by atoms with Crippen LogP contribution in [0.1, 0.15) is 10.4 Å². The molecule has 8 heteroatoms. The van der Waals surface area contributed by atoms with Crippen LogP contribution in [0.15, 0.2) is 54.7 Å². The highest BCUT2D eigenvalue weighted by molar-refractivity contribution is 6.34. The number of benzene rings is 2. The van der Waals surface area contributed by atoms with Crippen LogP contribution in [0.4, 0.5) is 5.69 Å². The number of hydrogen-bond acceptors (Lipinski definition) is 5. The molecule has 3 rings (SSSR count). The zero-order chi connectivity index (χ0) is 21.0. The summed E-state index contributed by atoms with van der Waals surface area (Å²) < 4.78 is 16.6. The zero-order valence-corrected chi connectivity index (χ0v) is 17.5. The van der Waals surface area contributed by atoms with Crippen molar-refractivity contribution in [1.29, 1.82) is 0 Å². The van der Waals surface area contributed by atoms with Gasteiger partial charge in [-0.25, -0.2) is 4.98 Å². The molecule has 0 N–H and O–H groups in total. The van der Waals surface area contributed by atoms with Crippen molar-refractivity contribution in [2.24, 2.45) is 0 Å². The van der Waals surface area contributed by atoms with Crippen molar-refractivity contribution in [3.05, 3.63) is 70.3 Å². The Hall–Kier alpha value is -2.96. The fourth-order valence-corrected chi connectivity index (χ4v) is 3.06. The van der Waals surface area contributed by atoms with E-state index >= 15 is 0 Å². The molecule has 0 bridgehead atoms. The molecule has 29 heavy (non-hydrogen) atoms. The first-order chi connectivity index (χ1) is 14.0. The van der Waals surface area contributed by atoms with E-state index in [0.717, 1.165) is 0 Å². The number of halogens is 2. The minimum atomic E-state index is -0.367. The monoisotopic (exact) mass is 432 g/mol. The molecule has 0 aliphatic heterocycles. The Morgan fingerprint density at radius 3 is 2.31 bits per heavy atom. The van der Waals surface area contributed by atoms with Gasteiger partial charge in [0.05, 0.1) is 19.2 Å². The number of rotatable bonds is 6. The second-order valence-corrected chi connectivity index (χ2v) is 6.75. The van der Waals surface area contributed by atoms with Crippen LogP contribution >= 0.6 is 23.2 Å². The standard InChI is InChI=1S/C21H18Cl2N2O4/c1-25(19-16(27-2)7-4-8-17(19)28-3)21(26)14-6-5-11-24-20(14)29-18-12-13(22)9-10-15(18)23/h4-12H,1-3H3. The lowest BCUT2D eigenvalue weighted by atomic mass is 10.2. The van der Waals surface area contributed by atoms with E-state index in [1.54, 1.807) is 55.6 Å². The van der Waals surface area contributed by atoms with Crippen LogP contribution in [0.25, 0.3) is 0 Å². The van der Waals surface area contributed by atoms with E-state index < -0.39 is 0 Å². The third kappa shape index (κ3) is 4.39. The van der Waals surface area contributed by atoms with Gasteiger partial charge in [-0.3, -0.25) is 4.79 Å². The minimum absolute atomic E-state index is 0.0994. The number of ether oxygens (including phenoxy) is 3. The normalized spacial score (nSPS) is 10.4. The highest BCUT2D eigenvalue weighted by atomic mass is 35.5. The summed E-state index contributed by atoms with van der Waals surface area (Å²) in [6.07, 6.45) is 1.52. The van der Waals surface area contributed by atoms with Crippen LogP contribution in [0, 0.1) is 0 Å². The van der Waals surface area contributed by atoms with Gasteiger partial charge in [0.25, 0.3) is 5.91 Å². The highest BCUT2D eigenvalue weighted by Gasteiger charge is 2.24. The van der Waals surface area contributed by atoms with Crippen LogP contribution in [-0.4, -0.2) is 32.2 Å². The van der Waals surface area contributed by atoms with Crippen molar-refractivity contribution in [3.8, 4) is 23.1 Å². The largest absolute Gasteiger partial charge is 0.494 e. The molecule has 0 saturated carbocycles. The number of amides is 1. The van der Waals surface area contributed by atoms with Gasteiger partial charge < -0.3 is 19.1 Å². The van der Waals surface area contributed by atoms with Gasteiger partial charge in [-0.1, -0.05) is 29.3 Å². The molecule has 0 atom stereocenters. The van der Waals surface area contributed by atoms with Gasteiger partial charge in [0.15, 0.2) is 0 Å². The molecule has 6 nitrogen and oxygen atoms in total. The number of nitrogens with zero attached hydrogens (tertiary/aromatic N) is 2. The Bertz CT molecular complexity index is 1020. The zero-order valence-electron chi connectivity index (χ0n) is 16.0. The summed E-state index contributed by atoms with van der Waals surface area (Å²) in [5.41, 5.74) is 0.720. The summed E-state index contributed by atoms with van der Waals surface area (Å²) in [6, 6.07) is 13.3. The Morgan fingerprint density at radius 2 is 1.66 bits per heavy atom. The van der Waals surface area contributed by atoms with Crippen molar-refractivity contribution in [2.75, 3.05) is 26.2 Å². The fourth-order valence-electron chi connectivity index (χ4n) is 2.74. The maximum atomic E-state index is 13.3. The smallest absolute Gasteiger partial charge is 0.263 e. The minimum Gasteiger partial charge on any atom is -0.494 e. The molecule has 0 radical (unpaired) electrons. The summed E-state index contributed by atoms with van der Waals surface area (Å²) in [5.74, 6) is 1.01. The van der Waals surface area contributed by atoms with Gasteiger partial charge in [0.1, 0.15) is 28.5 Å². The molecule has 3 aromatic rings. The Balaban J connectivity index is 2.00. The van der Waals surface area contributed by atoms with E-state index in [0.29, 0.717) is 33.0 Å². The number of aromatic nitrogens is 1. The lowest BCUT2D eigenvalue weighted by Crippen LogP contribution is -2.27. The van der Waals surface area contributed by atoms with Crippen molar-refractivity contribution in [2.45, 2.75) is 0 Å². The molecule has 0 aliphatic rings. The number of hydrogen-bond donors (Lipinski definition) is 0. The summed E-state index contributed by atoms with van der Waals surface area (Å²) in [7, 11) is 4.67. The molecule has 0 aliphatic carbocycles. The number of pyridine rings is 1. The predicted molar refractivity (Wildman–Crippen MR) is 113 cm³/mol. The quantitative estimate of drug-likeness (QED) is 0.516. The van der Waals surface area contributed by atoms with Gasteiger partial charge >= 0.3 is 0 Å². The number of carbonyl (C=O) groups is 1. The topological polar surface area (TPSA) is 60.9 Å². The molecule has 1 amide bonds. The Morgan fingerprint density at radius 1 is 0.966 bits per heavy atom. The first-order valence-corrected chi connectivity index (χ1v) is 9.28. The van der Waals surface area contributed by atoms with E-state index in [2.05, 4.69) is 4.98 Å². The molecule has 0 fully saturated rings. The third-order valence-electron chi connectivity index (χ3n) is 4.14. The molecule has 0 saturated heterocycles. The SMILES string of the molecule is COc1cccc(OC)c1N(C)C(=O)c1cccnc1Oc1cc(Cl)ccc1Cl. The molecular formula is C21H18Cl2N2O4. The predicted octanol–water partition coefficient (Wildman–Crippen LogP) is 5.47. The summed E-state index contributed by atoms with van der Waals surface area (Å²) >= 11 is 12.2. The number of para-hydroxylation sites is 1. The number of methoxy groups -OCH3 is 2. The van der Waals surface area contributed by atoms with Gasteiger partial charge in [-0.2, -0.15) is 0 Å². The average Bonchev–Trinajstić information content (AvgIpc) is 2.75. The fraction of sp³-hybridized carbons (Fsp3) is 0.143. The van der Waals surface area contributed by atoms with Crippen molar-refractivity contribution < 1.29 is 19.0 Å². The first-order valence-electron chi connectivity index (χ1n) is 8.53. The summed E-state index contributed by atoms with van der Waals surface area (Å²) in [5, 5.41) is 0.794. The van der Waals surface area contributed by atoms with Gasteiger partial charge in [-0.15, -0.1) is 0 Å². The first kappa shape index (κ1) is 20.8. The van der Waals surface area contributed by atoms with Crippen molar-refractivity contribution in [1.82, 2.24) is 4.98 Å². The molecule has 150 valence electrons. The lowest BCUT2D eigenvalue weighted by Gasteiger charge is -2.23. The molecule has 2 aromatic carbocycles. The molecule has 1 heterocycles. The molecule has 0 unspecified atom stereocenters. The summed E-state index contributed by atoms with van der Waals surface area (Å²) in [6.45, 7) is 0. The van der Waals surface area contributed by atoms with E-state index in [1.165, 1.54) is 25.3 Å². The van der Waals surface area contributed by atoms with Crippen LogP contribution in [0.5, 0.6) is 23.1 Å². The summed E-state index contributed by atoms with van der Waals surface area (Å²) in [4.78, 5) is 18.9. The van der Waals surface area contributed by atoms with Gasteiger partial charge in [-0.05, 0) is 36.4 Å². The van der Waals surface area contributed by atoms with E-state index in [4.69, 9.17) is 37.4 Å². The van der Waals surface area contributed by atoms with E-state index in [-0.39, 0.29) is 17.4 Å².